The van der Waals surface area contributed by atoms with Gasteiger partial charge in [-0.2, -0.15) is 0 Å². The first-order valence-corrected chi connectivity index (χ1v) is 13.4. The number of carbonyl (C=O) groups excluding carboxylic acids is 1. The van der Waals surface area contributed by atoms with Gasteiger partial charge < -0.3 is 19.9 Å². The summed E-state index contributed by atoms with van der Waals surface area (Å²) in [4.78, 5) is 20.4. The maximum Gasteiger partial charge on any atom is 0.252 e. The molecule has 3 atom stereocenters. The van der Waals surface area contributed by atoms with Gasteiger partial charge in [-0.05, 0) is 48.4 Å². The van der Waals surface area contributed by atoms with Crippen LogP contribution >= 0.6 is 0 Å². The quantitative estimate of drug-likeness (QED) is 0.359. The number of benzene rings is 2. The number of ether oxygens (including phenoxy) is 1. The summed E-state index contributed by atoms with van der Waals surface area (Å²) >= 11 is 0. The molecule has 2 heterocycles. The van der Waals surface area contributed by atoms with Crippen LogP contribution in [0.1, 0.15) is 57.5 Å². The largest absolute Gasteiger partial charge is 0.368 e. The van der Waals surface area contributed by atoms with Crippen molar-refractivity contribution < 1.29 is 22.7 Å². The van der Waals surface area contributed by atoms with Crippen molar-refractivity contribution in [2.45, 2.75) is 64.8 Å². The number of alkyl halides is 1. The summed E-state index contributed by atoms with van der Waals surface area (Å²) in [5.41, 5.74) is 6.66. The molecular weight excluding hydrogens is 505 g/mol. The van der Waals surface area contributed by atoms with E-state index in [0.29, 0.717) is 25.4 Å². The van der Waals surface area contributed by atoms with Gasteiger partial charge in [0.2, 0.25) is 0 Å². The van der Waals surface area contributed by atoms with Crippen molar-refractivity contribution in [3.63, 3.8) is 0 Å². The number of halogens is 3. The Labute approximate surface area is 228 Å². The zero-order chi connectivity index (χ0) is 28.2. The zero-order valence-electron chi connectivity index (χ0n) is 22.7. The van der Waals surface area contributed by atoms with Crippen LogP contribution < -0.4 is 5.73 Å². The molecule has 0 saturated carbocycles. The van der Waals surface area contributed by atoms with Crippen LogP contribution in [0.5, 0.6) is 0 Å². The second kappa shape index (κ2) is 12.3. The molecule has 0 bridgehead atoms. The van der Waals surface area contributed by atoms with Crippen molar-refractivity contribution >= 4 is 5.91 Å². The first-order chi connectivity index (χ1) is 18.6. The number of imidazole rings is 1. The molecule has 39 heavy (non-hydrogen) atoms. The van der Waals surface area contributed by atoms with Gasteiger partial charge in [0.05, 0.1) is 11.7 Å². The highest BCUT2D eigenvalue weighted by Gasteiger charge is 2.41. The fourth-order valence-electron chi connectivity index (χ4n) is 5.08. The second-order valence-electron chi connectivity index (χ2n) is 11.2. The predicted octanol–water partition coefficient (Wildman–Crippen LogP) is 5.66. The number of rotatable bonds is 10. The molecular formula is C30H37F3N4O2. The van der Waals surface area contributed by atoms with Crippen LogP contribution in [0.2, 0.25) is 0 Å². The molecule has 2 aromatic carbocycles. The lowest BCUT2D eigenvalue weighted by atomic mass is 9.84. The summed E-state index contributed by atoms with van der Waals surface area (Å²) < 4.78 is 49.9. The lowest BCUT2D eigenvalue weighted by Crippen LogP contribution is -2.48. The highest BCUT2D eigenvalue weighted by atomic mass is 19.1. The van der Waals surface area contributed by atoms with E-state index in [1.54, 1.807) is 11.1 Å². The third kappa shape index (κ3) is 6.89. The number of hydrogen-bond donors (Lipinski definition) is 1. The molecule has 3 aromatic rings. The summed E-state index contributed by atoms with van der Waals surface area (Å²) in [6.45, 7) is 6.38. The van der Waals surface area contributed by atoms with E-state index in [2.05, 4.69) is 0 Å². The molecule has 1 aliphatic rings. The van der Waals surface area contributed by atoms with Crippen LogP contribution in [0.15, 0.2) is 54.7 Å². The SMILES string of the molecule is CC(C)(C)[C@H](c1nc(-c2cc(F)ccc2F)cn1Cc1ccccc1)N(CC[C@H](N)CF)C(=O)[C@@H]1CCCO1. The van der Waals surface area contributed by atoms with Crippen molar-refractivity contribution in [3.05, 3.63) is 77.8 Å². The molecule has 1 aromatic heterocycles. The van der Waals surface area contributed by atoms with Gasteiger partial charge in [-0.1, -0.05) is 51.1 Å². The molecule has 2 N–H and O–H groups in total. The number of aromatic nitrogens is 2. The Hall–Kier alpha value is -3.17. The third-order valence-corrected chi connectivity index (χ3v) is 7.01. The smallest absolute Gasteiger partial charge is 0.252 e. The normalized spacial score (nSPS) is 17.3. The van der Waals surface area contributed by atoms with Gasteiger partial charge in [-0.25, -0.2) is 18.2 Å². The van der Waals surface area contributed by atoms with Crippen LogP contribution in [0.25, 0.3) is 11.3 Å². The van der Waals surface area contributed by atoms with E-state index in [4.69, 9.17) is 15.5 Å². The second-order valence-corrected chi connectivity index (χ2v) is 11.2. The summed E-state index contributed by atoms with van der Waals surface area (Å²) in [5, 5.41) is 0. The fourth-order valence-corrected chi connectivity index (χ4v) is 5.08. The van der Waals surface area contributed by atoms with E-state index in [1.807, 2.05) is 55.7 Å². The predicted molar refractivity (Wildman–Crippen MR) is 145 cm³/mol. The summed E-state index contributed by atoms with van der Waals surface area (Å²) in [5.74, 6) is -0.856. The average molecular weight is 543 g/mol. The summed E-state index contributed by atoms with van der Waals surface area (Å²) in [7, 11) is 0. The van der Waals surface area contributed by atoms with E-state index < -0.39 is 41.9 Å². The van der Waals surface area contributed by atoms with Crippen LogP contribution in [-0.4, -0.2) is 52.3 Å². The molecule has 0 spiro atoms. The van der Waals surface area contributed by atoms with Crippen molar-refractivity contribution in [3.8, 4) is 11.3 Å². The number of amides is 1. The van der Waals surface area contributed by atoms with Crippen LogP contribution in [0.4, 0.5) is 13.2 Å². The first kappa shape index (κ1) is 28.8. The molecule has 9 heteroatoms. The lowest BCUT2D eigenvalue weighted by molar-refractivity contribution is -0.146. The van der Waals surface area contributed by atoms with Crippen molar-refractivity contribution in [2.24, 2.45) is 11.1 Å². The monoisotopic (exact) mass is 542 g/mol. The molecule has 1 aliphatic heterocycles. The summed E-state index contributed by atoms with van der Waals surface area (Å²) in [6, 6.07) is 11.7. The van der Waals surface area contributed by atoms with Gasteiger partial charge in [-0.15, -0.1) is 0 Å². The zero-order valence-corrected chi connectivity index (χ0v) is 22.7. The highest BCUT2D eigenvalue weighted by Crippen LogP contribution is 2.40. The topological polar surface area (TPSA) is 73.4 Å². The minimum atomic E-state index is -0.716. The number of nitrogens with zero attached hydrogens (tertiary/aromatic N) is 3. The van der Waals surface area contributed by atoms with Gasteiger partial charge in [0.15, 0.2) is 0 Å². The third-order valence-electron chi connectivity index (χ3n) is 7.01. The van der Waals surface area contributed by atoms with E-state index in [-0.39, 0.29) is 30.1 Å². The minimum absolute atomic E-state index is 0.0344. The van der Waals surface area contributed by atoms with Crippen molar-refractivity contribution in [2.75, 3.05) is 19.8 Å². The Bertz CT molecular complexity index is 1250. The minimum Gasteiger partial charge on any atom is -0.368 e. The molecule has 0 radical (unpaired) electrons. The maximum absolute atomic E-state index is 14.9. The van der Waals surface area contributed by atoms with Crippen LogP contribution in [0, 0.1) is 17.0 Å². The fraction of sp³-hybridized carbons (Fsp3) is 0.467. The molecule has 0 unspecified atom stereocenters. The summed E-state index contributed by atoms with van der Waals surface area (Å²) in [6.07, 6.45) is 2.72. The lowest BCUT2D eigenvalue weighted by Gasteiger charge is -2.41. The van der Waals surface area contributed by atoms with Gasteiger partial charge in [0.25, 0.3) is 5.91 Å². The van der Waals surface area contributed by atoms with E-state index in [1.165, 1.54) is 0 Å². The van der Waals surface area contributed by atoms with Gasteiger partial charge in [0.1, 0.15) is 30.2 Å². The van der Waals surface area contributed by atoms with E-state index >= 15 is 0 Å². The van der Waals surface area contributed by atoms with Gasteiger partial charge in [-0.3, -0.25) is 4.79 Å². The van der Waals surface area contributed by atoms with Crippen LogP contribution in [0.3, 0.4) is 0 Å². The molecule has 210 valence electrons. The first-order valence-electron chi connectivity index (χ1n) is 13.4. The molecule has 0 aliphatic carbocycles. The van der Waals surface area contributed by atoms with Crippen molar-refractivity contribution in [1.29, 1.82) is 0 Å². The van der Waals surface area contributed by atoms with Gasteiger partial charge in [0, 0.05) is 37.5 Å². The molecule has 4 rings (SSSR count). The Morgan fingerprint density at radius 3 is 2.59 bits per heavy atom. The Balaban J connectivity index is 1.86. The van der Waals surface area contributed by atoms with E-state index in [9.17, 15) is 18.0 Å². The van der Waals surface area contributed by atoms with Gasteiger partial charge >= 0.3 is 0 Å². The van der Waals surface area contributed by atoms with Crippen molar-refractivity contribution in [1.82, 2.24) is 14.5 Å². The molecule has 1 saturated heterocycles. The standard InChI is InChI=1S/C30H37F3N4O2/c1-30(2,3)27(37(14-13-22(34)17-31)29(38)26-10-7-15-39-26)28-35-25(23-16-21(32)11-12-24(23)33)19-36(28)18-20-8-5-4-6-9-20/h4-6,8-9,11-12,16,19,22,26-27H,7,10,13-15,17-18,34H2,1-3H3/t22-,26-,27-/m0/s1. The Kier molecular flexibility index (Phi) is 9.12. The number of nitrogens with two attached hydrogens (primary N) is 1. The molecule has 6 nitrogen and oxygen atoms in total. The molecule has 1 fully saturated rings. The van der Waals surface area contributed by atoms with E-state index in [0.717, 1.165) is 30.2 Å². The maximum atomic E-state index is 14.9. The highest BCUT2D eigenvalue weighted by molar-refractivity contribution is 5.81. The van der Waals surface area contributed by atoms with Crippen LogP contribution in [-0.2, 0) is 16.1 Å². The molecule has 1 amide bonds. The number of hydrogen-bond acceptors (Lipinski definition) is 4. The Morgan fingerprint density at radius 1 is 1.21 bits per heavy atom. The Morgan fingerprint density at radius 2 is 1.95 bits per heavy atom. The average Bonchev–Trinajstić information content (AvgIpc) is 3.58. The number of carbonyl (C=O) groups is 1.